The van der Waals surface area contributed by atoms with Crippen molar-refractivity contribution in [1.29, 1.82) is 0 Å². The maximum absolute atomic E-state index is 11.9. The normalized spacial score (nSPS) is 10.2. The number of rotatable bonds is 6. The molecule has 20 heavy (non-hydrogen) atoms. The molecule has 0 unspecified atom stereocenters. The van der Waals surface area contributed by atoms with Crippen molar-refractivity contribution < 1.29 is 23.9 Å². The van der Waals surface area contributed by atoms with E-state index in [1.807, 2.05) is 0 Å². The van der Waals surface area contributed by atoms with Gasteiger partial charge < -0.3 is 14.8 Å². The maximum atomic E-state index is 11.9. The minimum atomic E-state index is -1.48. The Morgan fingerprint density at radius 3 is 2.15 bits per heavy atom. The number of hydrogen-bond donors (Lipinski definition) is 1. The van der Waals surface area contributed by atoms with Crippen molar-refractivity contribution >= 4 is 40.8 Å². The Kier molecular flexibility index (Phi) is 6.47. The lowest BCUT2D eigenvalue weighted by Gasteiger charge is -2.15. The van der Waals surface area contributed by atoms with Crippen molar-refractivity contribution in [3.63, 3.8) is 0 Å². The van der Waals surface area contributed by atoms with Crippen LogP contribution in [0, 0.1) is 0 Å². The number of nitrogens with one attached hydrogen (secondary N) is 1. The van der Waals surface area contributed by atoms with E-state index in [0.717, 1.165) is 11.3 Å². The second-order valence-electron chi connectivity index (χ2n) is 3.51. The van der Waals surface area contributed by atoms with Gasteiger partial charge in [-0.1, -0.05) is 11.6 Å². The predicted molar refractivity (Wildman–Crippen MR) is 73.8 cm³/mol. The zero-order valence-corrected chi connectivity index (χ0v) is 12.5. The highest BCUT2D eigenvalue weighted by Gasteiger charge is 2.31. The fraction of sp³-hybridized carbons (Fsp3) is 0.417. The van der Waals surface area contributed by atoms with Crippen LogP contribution in [-0.4, -0.2) is 37.1 Å². The number of halogens is 1. The molecular formula is C12H14ClNO5S. The topological polar surface area (TPSA) is 81.7 Å². The van der Waals surface area contributed by atoms with Gasteiger partial charge in [0.15, 0.2) is 0 Å². The van der Waals surface area contributed by atoms with Gasteiger partial charge in [-0.3, -0.25) is 4.79 Å². The molecule has 1 amide bonds. The van der Waals surface area contributed by atoms with Gasteiger partial charge in [-0.05, 0) is 26.0 Å². The first kappa shape index (κ1) is 16.5. The molecule has 0 aromatic carbocycles. The minimum Gasteiger partial charge on any atom is -0.464 e. The monoisotopic (exact) mass is 319 g/mol. The molecule has 8 heteroatoms. The summed E-state index contributed by atoms with van der Waals surface area (Å²) in [6.07, 6.45) is 0. The standard InChI is InChI=1S/C12H14ClNO5S/c1-3-18-11(16)9(12(17)19-4-2)14-10(15)7-5-6-8(13)20-7/h5-6,9H,3-4H2,1-2H3,(H,14,15). The van der Waals surface area contributed by atoms with Crippen LogP contribution in [0.25, 0.3) is 0 Å². The molecule has 0 fully saturated rings. The van der Waals surface area contributed by atoms with Gasteiger partial charge >= 0.3 is 11.9 Å². The Morgan fingerprint density at radius 2 is 1.75 bits per heavy atom. The van der Waals surface area contributed by atoms with Gasteiger partial charge in [0.1, 0.15) is 0 Å². The van der Waals surface area contributed by atoms with Crippen molar-refractivity contribution in [2.75, 3.05) is 13.2 Å². The Hall–Kier alpha value is -1.60. The molecule has 0 aliphatic rings. The van der Waals surface area contributed by atoms with Crippen LogP contribution in [0.5, 0.6) is 0 Å². The van der Waals surface area contributed by atoms with Gasteiger partial charge in [0, 0.05) is 0 Å². The lowest BCUT2D eigenvalue weighted by atomic mass is 10.3. The van der Waals surface area contributed by atoms with E-state index in [9.17, 15) is 14.4 Å². The zero-order valence-electron chi connectivity index (χ0n) is 11.0. The van der Waals surface area contributed by atoms with E-state index in [1.54, 1.807) is 19.9 Å². The van der Waals surface area contributed by atoms with Crippen LogP contribution in [-0.2, 0) is 19.1 Å². The van der Waals surface area contributed by atoms with Gasteiger partial charge in [-0.25, -0.2) is 9.59 Å². The molecule has 1 N–H and O–H groups in total. The smallest absolute Gasteiger partial charge is 0.340 e. The molecule has 0 spiro atoms. The second kappa shape index (κ2) is 7.86. The molecular weight excluding hydrogens is 306 g/mol. The number of hydrogen-bond acceptors (Lipinski definition) is 6. The van der Waals surface area contributed by atoms with E-state index in [-0.39, 0.29) is 18.1 Å². The fourth-order valence-corrected chi connectivity index (χ4v) is 2.25. The third-order valence-corrected chi connectivity index (χ3v) is 3.35. The average molecular weight is 320 g/mol. The number of carbonyl (C=O) groups excluding carboxylic acids is 3. The van der Waals surface area contributed by atoms with Gasteiger partial charge in [-0.15, -0.1) is 11.3 Å². The van der Waals surface area contributed by atoms with E-state index in [1.165, 1.54) is 6.07 Å². The molecule has 0 saturated carbocycles. The van der Waals surface area contributed by atoms with Crippen molar-refractivity contribution in [3.8, 4) is 0 Å². The first-order valence-corrected chi connectivity index (χ1v) is 7.08. The van der Waals surface area contributed by atoms with Crippen LogP contribution in [0.3, 0.4) is 0 Å². The van der Waals surface area contributed by atoms with E-state index in [4.69, 9.17) is 21.1 Å². The highest BCUT2D eigenvalue weighted by molar-refractivity contribution is 7.18. The van der Waals surface area contributed by atoms with E-state index < -0.39 is 23.9 Å². The van der Waals surface area contributed by atoms with Gasteiger partial charge in [0.05, 0.1) is 22.4 Å². The molecule has 6 nitrogen and oxygen atoms in total. The number of esters is 2. The molecule has 1 aromatic heterocycles. The predicted octanol–water partition coefficient (Wildman–Crippen LogP) is 1.63. The highest BCUT2D eigenvalue weighted by Crippen LogP contribution is 2.21. The SMILES string of the molecule is CCOC(=O)C(NC(=O)c1ccc(Cl)s1)C(=O)OCC. The third kappa shape index (κ3) is 4.50. The zero-order chi connectivity index (χ0) is 15.1. The summed E-state index contributed by atoms with van der Waals surface area (Å²) in [5, 5.41) is 2.28. The molecule has 0 atom stereocenters. The Labute approximate surface area is 125 Å². The second-order valence-corrected chi connectivity index (χ2v) is 5.23. The summed E-state index contributed by atoms with van der Waals surface area (Å²) >= 11 is 6.76. The van der Waals surface area contributed by atoms with Crippen LogP contribution in [0.4, 0.5) is 0 Å². The van der Waals surface area contributed by atoms with Crippen molar-refractivity contribution in [1.82, 2.24) is 5.32 Å². The molecule has 0 aliphatic carbocycles. The van der Waals surface area contributed by atoms with E-state index >= 15 is 0 Å². The minimum absolute atomic E-state index is 0.0927. The van der Waals surface area contributed by atoms with Crippen molar-refractivity contribution in [2.45, 2.75) is 19.9 Å². The Balaban J connectivity index is 2.80. The van der Waals surface area contributed by atoms with Crippen LogP contribution in [0.2, 0.25) is 4.34 Å². The van der Waals surface area contributed by atoms with Crippen molar-refractivity contribution in [3.05, 3.63) is 21.3 Å². The van der Waals surface area contributed by atoms with Crippen molar-refractivity contribution in [2.24, 2.45) is 0 Å². The molecule has 1 rings (SSSR count). The summed E-state index contributed by atoms with van der Waals surface area (Å²) in [7, 11) is 0. The largest absolute Gasteiger partial charge is 0.464 e. The molecule has 0 saturated heterocycles. The first-order valence-electron chi connectivity index (χ1n) is 5.89. The average Bonchev–Trinajstić information content (AvgIpc) is 2.83. The first-order chi connectivity index (χ1) is 9.49. The summed E-state index contributed by atoms with van der Waals surface area (Å²) in [6.45, 7) is 3.38. The Morgan fingerprint density at radius 1 is 1.20 bits per heavy atom. The number of thiophene rings is 1. The molecule has 1 heterocycles. The summed E-state index contributed by atoms with van der Waals surface area (Å²) in [5.74, 6) is -2.31. The third-order valence-electron chi connectivity index (χ3n) is 2.12. The van der Waals surface area contributed by atoms with Crippen LogP contribution in [0.1, 0.15) is 23.5 Å². The molecule has 0 aliphatic heterocycles. The summed E-state index contributed by atoms with van der Waals surface area (Å²) < 4.78 is 9.90. The van der Waals surface area contributed by atoms with Gasteiger partial charge in [0.25, 0.3) is 5.91 Å². The summed E-state index contributed by atoms with van der Waals surface area (Å²) in [4.78, 5) is 35.5. The maximum Gasteiger partial charge on any atom is 0.340 e. The molecule has 0 bridgehead atoms. The van der Waals surface area contributed by atoms with Gasteiger partial charge in [0.2, 0.25) is 6.04 Å². The van der Waals surface area contributed by atoms with E-state index in [0.29, 0.717) is 4.34 Å². The molecule has 0 radical (unpaired) electrons. The molecule has 110 valence electrons. The highest BCUT2D eigenvalue weighted by atomic mass is 35.5. The van der Waals surface area contributed by atoms with Crippen LogP contribution in [0.15, 0.2) is 12.1 Å². The van der Waals surface area contributed by atoms with Gasteiger partial charge in [-0.2, -0.15) is 0 Å². The number of ether oxygens (including phenoxy) is 2. The van der Waals surface area contributed by atoms with Crippen LogP contribution < -0.4 is 5.32 Å². The fourth-order valence-electron chi connectivity index (χ4n) is 1.30. The lowest BCUT2D eigenvalue weighted by Crippen LogP contribution is -2.48. The Bertz CT molecular complexity index is 484. The lowest BCUT2D eigenvalue weighted by molar-refractivity contribution is -0.157. The van der Waals surface area contributed by atoms with Crippen LogP contribution >= 0.6 is 22.9 Å². The summed E-state index contributed by atoms with van der Waals surface area (Å²) in [6, 6.07) is 1.56. The quantitative estimate of drug-likeness (QED) is 0.636. The number of amides is 1. The molecule has 1 aromatic rings. The summed E-state index contributed by atoms with van der Waals surface area (Å²) in [5.41, 5.74) is 0. The van der Waals surface area contributed by atoms with E-state index in [2.05, 4.69) is 5.32 Å². The number of carbonyl (C=O) groups is 3.